The Morgan fingerprint density at radius 3 is 2.69 bits per heavy atom. The fourth-order valence-corrected chi connectivity index (χ4v) is 2.69. The van der Waals surface area contributed by atoms with Gasteiger partial charge in [-0.25, -0.2) is 4.39 Å². The summed E-state index contributed by atoms with van der Waals surface area (Å²) in [6.45, 7) is 3.75. The van der Waals surface area contributed by atoms with E-state index in [1.54, 1.807) is 36.3 Å². The molecule has 0 atom stereocenters. The number of rotatable bonds is 6. The normalized spacial score (nSPS) is 12.1. The van der Waals surface area contributed by atoms with Crippen LogP contribution in [0, 0.1) is 5.82 Å². The highest BCUT2D eigenvalue weighted by Gasteiger charge is 2.38. The van der Waals surface area contributed by atoms with Gasteiger partial charge in [-0.3, -0.25) is 9.98 Å². The van der Waals surface area contributed by atoms with Crippen LogP contribution >= 0.6 is 0 Å². The van der Waals surface area contributed by atoms with Crippen molar-refractivity contribution in [1.29, 1.82) is 0 Å². The van der Waals surface area contributed by atoms with E-state index >= 15 is 0 Å². The Balaban J connectivity index is 1.90. The SMILES string of the molecule is C=N/C(=C\N(C)Cc1ccccc1F)c1cc(-c2n[nH]nc2C(F)(F)F)ccn1. The molecular formula is C19H16F4N6. The van der Waals surface area contributed by atoms with E-state index in [2.05, 4.69) is 26.9 Å². The van der Waals surface area contributed by atoms with Crippen LogP contribution in [0.25, 0.3) is 17.0 Å². The molecule has 0 saturated heterocycles. The summed E-state index contributed by atoms with van der Waals surface area (Å²) >= 11 is 0. The number of aromatic nitrogens is 4. The molecule has 2 aromatic heterocycles. The number of H-pyrrole nitrogens is 1. The van der Waals surface area contributed by atoms with E-state index in [1.165, 1.54) is 24.4 Å². The predicted molar refractivity (Wildman–Crippen MR) is 100 cm³/mol. The Labute approximate surface area is 163 Å². The first-order valence-corrected chi connectivity index (χ1v) is 8.36. The zero-order valence-electron chi connectivity index (χ0n) is 15.3. The van der Waals surface area contributed by atoms with Gasteiger partial charge in [0.15, 0.2) is 5.69 Å². The van der Waals surface area contributed by atoms with E-state index in [-0.39, 0.29) is 29.3 Å². The lowest BCUT2D eigenvalue weighted by Crippen LogP contribution is -2.12. The largest absolute Gasteiger partial charge is 0.437 e. The maximum Gasteiger partial charge on any atom is 0.437 e. The van der Waals surface area contributed by atoms with Crippen LogP contribution in [0.3, 0.4) is 0 Å². The van der Waals surface area contributed by atoms with E-state index in [1.807, 2.05) is 5.21 Å². The molecule has 2 heterocycles. The van der Waals surface area contributed by atoms with Crippen molar-refractivity contribution in [3.05, 3.63) is 71.6 Å². The van der Waals surface area contributed by atoms with Crippen LogP contribution in [0.2, 0.25) is 0 Å². The zero-order chi connectivity index (χ0) is 21.0. The second-order valence-corrected chi connectivity index (χ2v) is 6.13. The molecule has 0 aliphatic carbocycles. The van der Waals surface area contributed by atoms with Crippen molar-refractivity contribution < 1.29 is 17.6 Å². The maximum atomic E-state index is 13.8. The second-order valence-electron chi connectivity index (χ2n) is 6.13. The van der Waals surface area contributed by atoms with Crippen LogP contribution in [-0.4, -0.2) is 39.1 Å². The van der Waals surface area contributed by atoms with Gasteiger partial charge in [0.2, 0.25) is 0 Å². The summed E-state index contributed by atoms with van der Waals surface area (Å²) in [5, 5.41) is 8.79. The molecule has 1 aromatic carbocycles. The van der Waals surface area contributed by atoms with Gasteiger partial charge in [-0.05, 0) is 24.9 Å². The van der Waals surface area contributed by atoms with Crippen LogP contribution in [0.5, 0.6) is 0 Å². The third-order valence-corrected chi connectivity index (χ3v) is 4.00. The van der Waals surface area contributed by atoms with Crippen molar-refractivity contribution in [2.24, 2.45) is 4.99 Å². The molecule has 0 unspecified atom stereocenters. The fraction of sp³-hybridized carbons (Fsp3) is 0.158. The number of benzene rings is 1. The Bertz CT molecular complexity index is 1040. The molecule has 10 heteroatoms. The third-order valence-electron chi connectivity index (χ3n) is 4.00. The number of hydrogen-bond donors (Lipinski definition) is 1. The molecule has 0 radical (unpaired) electrons. The number of nitrogens with zero attached hydrogens (tertiary/aromatic N) is 5. The minimum atomic E-state index is -4.65. The monoisotopic (exact) mass is 404 g/mol. The van der Waals surface area contributed by atoms with Crippen LogP contribution in [0.4, 0.5) is 17.6 Å². The molecule has 3 aromatic rings. The highest BCUT2D eigenvalue weighted by atomic mass is 19.4. The molecule has 0 spiro atoms. The highest BCUT2D eigenvalue weighted by molar-refractivity contribution is 5.70. The van der Waals surface area contributed by atoms with Crippen LogP contribution in [-0.2, 0) is 12.7 Å². The quantitative estimate of drug-likeness (QED) is 0.495. The van der Waals surface area contributed by atoms with Gasteiger partial charge >= 0.3 is 6.18 Å². The van der Waals surface area contributed by atoms with Gasteiger partial charge in [0.05, 0.1) is 5.69 Å². The van der Waals surface area contributed by atoms with Gasteiger partial charge in [-0.1, -0.05) is 18.2 Å². The number of aromatic amines is 1. The van der Waals surface area contributed by atoms with Crippen molar-refractivity contribution in [3.63, 3.8) is 0 Å². The molecule has 0 saturated carbocycles. The van der Waals surface area contributed by atoms with Crippen LogP contribution in [0.1, 0.15) is 17.0 Å². The van der Waals surface area contributed by atoms with Gasteiger partial charge in [0.25, 0.3) is 0 Å². The van der Waals surface area contributed by atoms with Gasteiger partial charge in [-0.15, -0.1) is 0 Å². The molecule has 6 nitrogen and oxygen atoms in total. The first-order valence-electron chi connectivity index (χ1n) is 8.36. The molecule has 0 amide bonds. The summed E-state index contributed by atoms with van der Waals surface area (Å²) in [6.07, 6.45) is -1.73. The molecule has 0 fully saturated rings. The molecule has 0 aliphatic rings. The Morgan fingerprint density at radius 1 is 1.24 bits per heavy atom. The standard InChI is InChI=1S/C19H16F4N6/c1-24-16(11-29(2)10-13-5-3-4-6-14(13)20)15-9-12(7-8-25-15)17-18(19(21,22)23)27-28-26-17/h3-9,11H,1,10H2,2H3,(H,26,27,28)/b16-11-. The van der Waals surface area contributed by atoms with Crippen molar-refractivity contribution >= 4 is 12.4 Å². The lowest BCUT2D eigenvalue weighted by molar-refractivity contribution is -0.140. The van der Waals surface area contributed by atoms with Crippen molar-refractivity contribution in [1.82, 2.24) is 25.3 Å². The summed E-state index contributed by atoms with van der Waals surface area (Å²) in [5.74, 6) is -0.341. The summed E-state index contributed by atoms with van der Waals surface area (Å²) in [7, 11) is 1.71. The summed E-state index contributed by atoms with van der Waals surface area (Å²) in [6, 6.07) is 9.14. The van der Waals surface area contributed by atoms with E-state index in [4.69, 9.17) is 0 Å². The van der Waals surface area contributed by atoms with Crippen molar-refractivity contribution in [2.75, 3.05) is 7.05 Å². The molecule has 29 heavy (non-hydrogen) atoms. The summed E-state index contributed by atoms with van der Waals surface area (Å²) < 4.78 is 53.1. The lowest BCUT2D eigenvalue weighted by atomic mass is 10.1. The van der Waals surface area contributed by atoms with Crippen molar-refractivity contribution in [3.8, 4) is 11.3 Å². The van der Waals surface area contributed by atoms with Gasteiger partial charge < -0.3 is 4.90 Å². The van der Waals surface area contributed by atoms with Crippen molar-refractivity contribution in [2.45, 2.75) is 12.7 Å². The van der Waals surface area contributed by atoms with Crippen LogP contribution in [0.15, 0.2) is 53.8 Å². The Hall–Kier alpha value is -3.56. The average Bonchev–Trinajstić information content (AvgIpc) is 3.18. The number of pyridine rings is 1. The topological polar surface area (TPSA) is 70.1 Å². The molecule has 0 aliphatic heterocycles. The fourth-order valence-electron chi connectivity index (χ4n) is 2.69. The van der Waals surface area contributed by atoms with E-state index in [0.29, 0.717) is 11.3 Å². The summed E-state index contributed by atoms with van der Waals surface area (Å²) in [5.41, 5.74) is -0.222. The smallest absolute Gasteiger partial charge is 0.374 e. The lowest BCUT2D eigenvalue weighted by Gasteiger charge is -2.16. The van der Waals surface area contributed by atoms with E-state index in [0.717, 1.165) is 0 Å². The number of aliphatic imine (C=N–C) groups is 1. The Morgan fingerprint density at radius 2 is 2.00 bits per heavy atom. The minimum absolute atomic E-state index is 0.169. The molecule has 1 N–H and O–H groups in total. The molecular weight excluding hydrogens is 388 g/mol. The zero-order valence-corrected chi connectivity index (χ0v) is 15.3. The number of hydrogen-bond acceptors (Lipinski definition) is 5. The van der Waals surface area contributed by atoms with Gasteiger partial charge in [0.1, 0.15) is 17.2 Å². The Kier molecular flexibility index (Phi) is 5.71. The molecule has 150 valence electrons. The van der Waals surface area contributed by atoms with Crippen LogP contribution < -0.4 is 0 Å². The number of nitrogens with one attached hydrogen (secondary N) is 1. The first kappa shape index (κ1) is 20.2. The molecule has 3 rings (SSSR count). The average molecular weight is 404 g/mol. The third kappa shape index (κ3) is 4.65. The minimum Gasteiger partial charge on any atom is -0.374 e. The first-order chi connectivity index (χ1) is 13.8. The maximum absolute atomic E-state index is 13.8. The predicted octanol–water partition coefficient (Wildman–Crippen LogP) is 4.16. The summed E-state index contributed by atoms with van der Waals surface area (Å²) in [4.78, 5) is 9.73. The molecule has 0 bridgehead atoms. The van der Waals surface area contributed by atoms with Gasteiger partial charge in [-0.2, -0.15) is 28.6 Å². The second kappa shape index (κ2) is 8.21. The highest BCUT2D eigenvalue weighted by Crippen LogP contribution is 2.34. The van der Waals surface area contributed by atoms with E-state index in [9.17, 15) is 17.6 Å². The number of alkyl halides is 3. The van der Waals surface area contributed by atoms with Gasteiger partial charge in [0, 0.05) is 37.1 Å². The number of halogens is 4. The van der Waals surface area contributed by atoms with E-state index < -0.39 is 11.9 Å².